The SMILES string of the molecule is [C-]#[N+]c1ccc(COc2cccc(N3CCN(Cc4nc5ccc(C(=O)O)nc5n4C[C@@H]4CCO4)CC3)c2)nc1. The van der Waals surface area contributed by atoms with E-state index >= 15 is 0 Å². The summed E-state index contributed by atoms with van der Waals surface area (Å²) in [7, 11) is 0. The molecule has 0 amide bonds. The lowest BCUT2D eigenvalue weighted by atomic mass is 10.2. The predicted octanol–water partition coefficient (Wildman–Crippen LogP) is 3.77. The summed E-state index contributed by atoms with van der Waals surface area (Å²) in [6.45, 7) is 12.8. The Bertz CT molecular complexity index is 1550. The number of nitrogens with zero attached hydrogens (tertiary/aromatic N) is 7. The molecule has 5 heterocycles. The molecule has 1 aromatic carbocycles. The minimum Gasteiger partial charge on any atom is -0.487 e. The molecule has 6 rings (SSSR count). The number of hydrogen-bond acceptors (Lipinski definition) is 8. The highest BCUT2D eigenvalue weighted by atomic mass is 16.5. The lowest BCUT2D eigenvalue weighted by Crippen LogP contribution is -2.46. The maximum atomic E-state index is 11.5. The largest absolute Gasteiger partial charge is 0.487 e. The average Bonchev–Trinajstić information content (AvgIpc) is 3.30. The molecule has 1 N–H and O–H groups in total. The highest BCUT2D eigenvalue weighted by molar-refractivity contribution is 5.88. The van der Waals surface area contributed by atoms with Crippen LogP contribution in [0.15, 0.2) is 54.7 Å². The minimum absolute atomic E-state index is 0.0174. The maximum absolute atomic E-state index is 11.5. The molecule has 2 aliphatic heterocycles. The fraction of sp³-hybridized carbons (Fsp3) is 0.345. The summed E-state index contributed by atoms with van der Waals surface area (Å²) in [5.41, 5.74) is 3.71. The second kappa shape index (κ2) is 11.3. The van der Waals surface area contributed by atoms with Crippen LogP contribution in [0.2, 0.25) is 0 Å². The Kier molecular flexibility index (Phi) is 7.27. The standard InChI is InChI=1S/C29H29N7O4/c1-30-20-5-6-21(31-16-20)19-40-23-4-2-3-22(15-23)35-12-10-34(11-13-35)18-27-32-25-7-8-26(29(37)38)33-28(25)36(27)17-24-9-14-39-24/h2-8,15-16,24H,9-14,17-19H2,(H,37,38)/t24-/m0/s1. The molecule has 0 aliphatic carbocycles. The lowest BCUT2D eigenvalue weighted by molar-refractivity contribution is -0.0592. The van der Waals surface area contributed by atoms with Crippen molar-refractivity contribution in [3.8, 4) is 5.75 Å². The van der Waals surface area contributed by atoms with Crippen LogP contribution in [0.1, 0.15) is 28.4 Å². The van der Waals surface area contributed by atoms with Gasteiger partial charge in [0.2, 0.25) is 5.69 Å². The topological polar surface area (TPSA) is 110 Å². The van der Waals surface area contributed by atoms with Crippen LogP contribution in [0.3, 0.4) is 0 Å². The number of fused-ring (bicyclic) bond motifs is 1. The Morgan fingerprint density at radius 3 is 2.67 bits per heavy atom. The maximum Gasteiger partial charge on any atom is 0.354 e. The first-order chi connectivity index (χ1) is 19.6. The van der Waals surface area contributed by atoms with Gasteiger partial charge >= 0.3 is 5.97 Å². The molecule has 40 heavy (non-hydrogen) atoms. The van der Waals surface area contributed by atoms with Gasteiger partial charge in [0.05, 0.1) is 31.5 Å². The summed E-state index contributed by atoms with van der Waals surface area (Å²) in [6, 6.07) is 14.9. The number of benzene rings is 1. The van der Waals surface area contributed by atoms with Gasteiger partial charge in [-0.3, -0.25) is 9.88 Å². The van der Waals surface area contributed by atoms with Gasteiger partial charge in [-0.2, -0.15) is 0 Å². The van der Waals surface area contributed by atoms with E-state index in [1.54, 1.807) is 18.3 Å². The van der Waals surface area contributed by atoms with E-state index in [2.05, 4.69) is 30.7 Å². The highest BCUT2D eigenvalue weighted by Gasteiger charge is 2.25. The fourth-order valence-corrected chi connectivity index (χ4v) is 4.97. The van der Waals surface area contributed by atoms with E-state index in [1.807, 2.05) is 28.8 Å². The van der Waals surface area contributed by atoms with Crippen molar-refractivity contribution >= 4 is 28.5 Å². The zero-order valence-electron chi connectivity index (χ0n) is 21.9. The molecule has 1 atom stereocenters. The number of pyridine rings is 2. The van der Waals surface area contributed by atoms with Crippen molar-refractivity contribution in [3.05, 3.63) is 83.4 Å². The lowest BCUT2D eigenvalue weighted by Gasteiger charge is -2.36. The Hall–Kier alpha value is -4.53. The smallest absolute Gasteiger partial charge is 0.354 e. The Morgan fingerprint density at radius 2 is 1.98 bits per heavy atom. The van der Waals surface area contributed by atoms with Crippen LogP contribution >= 0.6 is 0 Å². The van der Waals surface area contributed by atoms with Crippen LogP contribution in [0.5, 0.6) is 5.75 Å². The van der Waals surface area contributed by atoms with Crippen LogP contribution in [0.25, 0.3) is 16.0 Å². The molecule has 2 saturated heterocycles. The van der Waals surface area contributed by atoms with Gasteiger partial charge in [0, 0.05) is 50.7 Å². The van der Waals surface area contributed by atoms with E-state index in [9.17, 15) is 9.90 Å². The van der Waals surface area contributed by atoms with Crippen molar-refractivity contribution in [3.63, 3.8) is 0 Å². The number of imidazole rings is 1. The molecule has 204 valence electrons. The van der Waals surface area contributed by atoms with E-state index in [0.29, 0.717) is 36.5 Å². The predicted molar refractivity (Wildman–Crippen MR) is 148 cm³/mol. The van der Waals surface area contributed by atoms with Crippen molar-refractivity contribution in [2.75, 3.05) is 37.7 Å². The van der Waals surface area contributed by atoms with Crippen molar-refractivity contribution in [2.24, 2.45) is 0 Å². The van der Waals surface area contributed by atoms with E-state index in [1.165, 1.54) is 6.07 Å². The van der Waals surface area contributed by atoms with E-state index in [0.717, 1.165) is 62.2 Å². The number of carbonyl (C=O) groups is 1. The summed E-state index contributed by atoms with van der Waals surface area (Å²) in [6.07, 6.45) is 2.64. The molecule has 2 aliphatic rings. The zero-order valence-corrected chi connectivity index (χ0v) is 21.9. The van der Waals surface area contributed by atoms with Crippen molar-refractivity contribution in [2.45, 2.75) is 32.2 Å². The zero-order chi connectivity index (χ0) is 27.5. The Balaban J connectivity index is 1.10. The molecule has 3 aromatic heterocycles. The molecule has 2 fully saturated rings. The first-order valence-corrected chi connectivity index (χ1v) is 13.3. The van der Waals surface area contributed by atoms with Crippen LogP contribution in [0, 0.1) is 6.57 Å². The van der Waals surface area contributed by atoms with Crippen molar-refractivity contribution < 1.29 is 19.4 Å². The molecular weight excluding hydrogens is 510 g/mol. The van der Waals surface area contributed by atoms with Gasteiger partial charge in [0.15, 0.2) is 11.3 Å². The number of aromatic carboxylic acids is 1. The Labute approximate surface area is 231 Å². The van der Waals surface area contributed by atoms with Gasteiger partial charge in [-0.1, -0.05) is 12.1 Å². The number of carboxylic acid groups (broad SMARTS) is 1. The van der Waals surface area contributed by atoms with E-state index < -0.39 is 5.97 Å². The van der Waals surface area contributed by atoms with Crippen LogP contribution in [0.4, 0.5) is 11.4 Å². The van der Waals surface area contributed by atoms with Gasteiger partial charge < -0.3 is 24.0 Å². The summed E-state index contributed by atoms with van der Waals surface area (Å²) in [5, 5.41) is 9.43. The number of piperazine rings is 1. The number of aromatic nitrogens is 4. The number of rotatable bonds is 9. The number of anilines is 1. The van der Waals surface area contributed by atoms with Gasteiger partial charge in [-0.25, -0.2) is 19.6 Å². The number of hydrogen-bond donors (Lipinski definition) is 1. The third-order valence-corrected chi connectivity index (χ3v) is 7.32. The first kappa shape index (κ1) is 25.7. The van der Waals surface area contributed by atoms with Gasteiger partial charge in [-0.05, 0) is 36.8 Å². The van der Waals surface area contributed by atoms with Crippen molar-refractivity contribution in [1.82, 2.24) is 24.4 Å². The molecule has 0 spiro atoms. The summed E-state index contributed by atoms with van der Waals surface area (Å²) in [4.78, 5) is 33.1. The molecule has 4 aromatic rings. The monoisotopic (exact) mass is 539 g/mol. The van der Waals surface area contributed by atoms with Crippen LogP contribution in [-0.4, -0.2) is 74.4 Å². The molecule has 11 nitrogen and oxygen atoms in total. The molecular formula is C29H29N7O4. The fourth-order valence-electron chi connectivity index (χ4n) is 4.97. The van der Waals surface area contributed by atoms with Crippen molar-refractivity contribution in [1.29, 1.82) is 0 Å². The molecule has 0 saturated carbocycles. The normalized spacial score (nSPS) is 17.4. The third kappa shape index (κ3) is 5.59. The first-order valence-electron chi connectivity index (χ1n) is 13.3. The quantitative estimate of drug-likeness (QED) is 0.318. The van der Waals surface area contributed by atoms with E-state index in [4.69, 9.17) is 21.0 Å². The number of ether oxygens (including phenoxy) is 2. The van der Waals surface area contributed by atoms with Gasteiger partial charge in [0.1, 0.15) is 23.7 Å². The Morgan fingerprint density at radius 1 is 1.12 bits per heavy atom. The second-order valence-electron chi connectivity index (χ2n) is 9.93. The second-order valence-corrected chi connectivity index (χ2v) is 9.93. The van der Waals surface area contributed by atoms with Crippen LogP contribution in [-0.2, 0) is 24.4 Å². The minimum atomic E-state index is -1.05. The highest BCUT2D eigenvalue weighted by Crippen LogP contribution is 2.25. The molecule has 0 radical (unpaired) electrons. The van der Waals surface area contributed by atoms with E-state index in [-0.39, 0.29) is 11.8 Å². The molecule has 0 bridgehead atoms. The van der Waals surface area contributed by atoms with Crippen LogP contribution < -0.4 is 9.64 Å². The average molecular weight is 540 g/mol. The molecule has 11 heteroatoms. The summed E-state index contributed by atoms with van der Waals surface area (Å²) < 4.78 is 13.7. The van der Waals surface area contributed by atoms with Gasteiger partial charge in [-0.15, -0.1) is 0 Å². The molecule has 0 unspecified atom stereocenters. The summed E-state index contributed by atoms with van der Waals surface area (Å²) in [5.74, 6) is 0.604. The number of carboxylic acids is 1. The third-order valence-electron chi connectivity index (χ3n) is 7.32. The van der Waals surface area contributed by atoms with Gasteiger partial charge in [0.25, 0.3) is 0 Å². The summed E-state index contributed by atoms with van der Waals surface area (Å²) >= 11 is 0.